The summed E-state index contributed by atoms with van der Waals surface area (Å²) in [5.74, 6) is 0. The predicted octanol–water partition coefficient (Wildman–Crippen LogP) is 3.71. The van der Waals surface area contributed by atoms with Gasteiger partial charge in [0.25, 0.3) is 0 Å². The summed E-state index contributed by atoms with van der Waals surface area (Å²) in [5.41, 5.74) is 0. The Morgan fingerprint density at radius 3 is 1.36 bits per heavy atom. The molecule has 25 heavy (non-hydrogen) atoms. The molecule has 1 nitrogen and oxygen atoms in total. The summed E-state index contributed by atoms with van der Waals surface area (Å²) in [6.45, 7) is 1.09. The molecule has 0 aliphatic carbocycles. The van der Waals surface area contributed by atoms with Crippen LogP contribution in [-0.2, 0) is 0 Å². The zero-order chi connectivity index (χ0) is 17.4. The third-order valence-corrected chi connectivity index (χ3v) is 10.1. The van der Waals surface area contributed by atoms with Crippen LogP contribution < -0.4 is 21.2 Å². The van der Waals surface area contributed by atoms with Crippen molar-refractivity contribution in [1.29, 1.82) is 0 Å². The number of nitrogens with one attached hydrogen (secondary N) is 1. The summed E-state index contributed by atoms with van der Waals surface area (Å²) in [6.07, 6.45) is 3.70. The van der Waals surface area contributed by atoms with Crippen molar-refractivity contribution in [3.63, 3.8) is 0 Å². The molecule has 1 N–H and O–H groups in total. The fourth-order valence-electron chi connectivity index (χ4n) is 3.79. The van der Waals surface area contributed by atoms with Gasteiger partial charge in [-0.05, 0) is 0 Å². The topological polar surface area (TPSA) is 12.0 Å². The van der Waals surface area contributed by atoms with Crippen molar-refractivity contribution in [2.75, 3.05) is 19.8 Å². The Kier molecular flexibility index (Phi) is 6.39. The molecule has 0 unspecified atom stereocenters. The van der Waals surface area contributed by atoms with E-state index in [2.05, 4.69) is 96.3 Å². The third kappa shape index (κ3) is 4.00. The maximum absolute atomic E-state index is 3.29. The molecule has 0 fully saturated rings. The van der Waals surface area contributed by atoms with Gasteiger partial charge in [-0.1, -0.05) is 0 Å². The molecule has 0 bridgehead atoms. The van der Waals surface area contributed by atoms with Gasteiger partial charge in [-0.2, -0.15) is 0 Å². The standard InChI is InChI=1S/C23H28NP/c1-24-19-11-12-20-25(21-13-5-2-6-14-21,22-15-7-3-8-16-22)23-17-9-4-10-18-23/h2-10,13-18,24-25H,11-12,19-20H2,1H3. The van der Waals surface area contributed by atoms with E-state index in [0.717, 1.165) is 6.54 Å². The van der Waals surface area contributed by atoms with Crippen molar-refractivity contribution in [3.8, 4) is 0 Å². The molecule has 0 radical (unpaired) electrons. The molecule has 3 aromatic carbocycles. The molecule has 0 heterocycles. The molecule has 2 heteroatoms. The van der Waals surface area contributed by atoms with Crippen molar-refractivity contribution in [1.82, 2.24) is 5.32 Å². The van der Waals surface area contributed by atoms with Gasteiger partial charge in [0.1, 0.15) is 0 Å². The molecule has 0 spiro atoms. The van der Waals surface area contributed by atoms with Crippen LogP contribution in [0.1, 0.15) is 12.8 Å². The molecule has 0 saturated heterocycles. The molecule has 3 aromatic rings. The minimum absolute atomic E-state index is 1.09. The van der Waals surface area contributed by atoms with Gasteiger partial charge in [-0.3, -0.25) is 0 Å². The van der Waals surface area contributed by atoms with Crippen LogP contribution in [0.5, 0.6) is 0 Å². The average molecular weight is 349 g/mol. The van der Waals surface area contributed by atoms with E-state index >= 15 is 0 Å². The van der Waals surface area contributed by atoms with Crippen LogP contribution in [0.25, 0.3) is 0 Å². The monoisotopic (exact) mass is 349 g/mol. The molecule has 0 aliphatic rings. The number of rotatable bonds is 8. The van der Waals surface area contributed by atoms with Gasteiger partial charge in [-0.25, -0.2) is 0 Å². The van der Waals surface area contributed by atoms with Crippen LogP contribution in [0.15, 0.2) is 91.0 Å². The zero-order valence-corrected chi connectivity index (χ0v) is 16.0. The van der Waals surface area contributed by atoms with Crippen LogP contribution in [0.3, 0.4) is 0 Å². The molecule has 0 saturated carbocycles. The predicted molar refractivity (Wildman–Crippen MR) is 115 cm³/mol. The van der Waals surface area contributed by atoms with Crippen molar-refractivity contribution >= 4 is 23.2 Å². The number of benzene rings is 3. The zero-order valence-electron chi connectivity index (χ0n) is 15.0. The van der Waals surface area contributed by atoms with E-state index in [-0.39, 0.29) is 0 Å². The molecule has 0 atom stereocenters. The Labute approximate surface area is 152 Å². The Bertz CT molecular complexity index is 644. The van der Waals surface area contributed by atoms with Gasteiger partial charge in [-0.15, -0.1) is 0 Å². The Balaban J connectivity index is 2.13. The first-order valence-electron chi connectivity index (χ1n) is 9.19. The molecule has 0 aromatic heterocycles. The van der Waals surface area contributed by atoms with E-state index in [0.29, 0.717) is 0 Å². The molecule has 3 rings (SSSR count). The summed E-state index contributed by atoms with van der Waals surface area (Å²) >= 11 is 0. The summed E-state index contributed by atoms with van der Waals surface area (Å²) < 4.78 is 0. The number of hydrogen-bond donors (Lipinski definition) is 1. The third-order valence-electron chi connectivity index (χ3n) is 5.03. The quantitative estimate of drug-likeness (QED) is 0.483. The van der Waals surface area contributed by atoms with E-state index < -0.39 is 7.26 Å². The first-order valence-corrected chi connectivity index (χ1v) is 11.4. The average Bonchev–Trinajstić information content (AvgIpc) is 2.70. The van der Waals surface area contributed by atoms with Gasteiger partial charge in [0.2, 0.25) is 0 Å². The summed E-state index contributed by atoms with van der Waals surface area (Å²) in [6, 6.07) is 33.5. The van der Waals surface area contributed by atoms with Crippen LogP contribution in [0.4, 0.5) is 0 Å². The maximum atomic E-state index is 3.29. The second kappa shape index (κ2) is 8.94. The normalized spacial score (nSPS) is 12.0. The van der Waals surface area contributed by atoms with E-state index in [1.54, 1.807) is 0 Å². The molecule has 130 valence electrons. The van der Waals surface area contributed by atoms with Gasteiger partial charge >= 0.3 is 152 Å². The van der Waals surface area contributed by atoms with Gasteiger partial charge in [0, 0.05) is 0 Å². The summed E-state index contributed by atoms with van der Waals surface area (Å²) in [5, 5.41) is 7.82. The number of unbranched alkanes of at least 4 members (excludes halogenated alkanes) is 1. The van der Waals surface area contributed by atoms with E-state index in [4.69, 9.17) is 0 Å². The second-order valence-electron chi connectivity index (χ2n) is 6.56. The van der Waals surface area contributed by atoms with Crippen LogP contribution in [-0.4, -0.2) is 19.8 Å². The van der Waals surface area contributed by atoms with Gasteiger partial charge < -0.3 is 0 Å². The van der Waals surface area contributed by atoms with Crippen molar-refractivity contribution in [2.24, 2.45) is 0 Å². The van der Waals surface area contributed by atoms with Crippen LogP contribution in [0.2, 0.25) is 0 Å². The first kappa shape index (κ1) is 17.9. The van der Waals surface area contributed by atoms with Gasteiger partial charge in [0.05, 0.1) is 0 Å². The molecular formula is C23H28NP. The van der Waals surface area contributed by atoms with Crippen molar-refractivity contribution in [2.45, 2.75) is 12.8 Å². The van der Waals surface area contributed by atoms with E-state index in [1.165, 1.54) is 34.9 Å². The fourth-order valence-corrected chi connectivity index (χ4v) is 8.72. The molecule has 0 amide bonds. The van der Waals surface area contributed by atoms with Crippen LogP contribution >= 0.6 is 7.26 Å². The molecule has 0 aliphatic heterocycles. The Hall–Kier alpha value is -1.95. The number of hydrogen-bond acceptors (Lipinski definition) is 1. The van der Waals surface area contributed by atoms with E-state index in [9.17, 15) is 0 Å². The minimum atomic E-state index is -2.00. The van der Waals surface area contributed by atoms with Crippen molar-refractivity contribution in [3.05, 3.63) is 91.0 Å². The Morgan fingerprint density at radius 2 is 1.00 bits per heavy atom. The molecular weight excluding hydrogens is 321 g/mol. The van der Waals surface area contributed by atoms with Crippen molar-refractivity contribution < 1.29 is 0 Å². The van der Waals surface area contributed by atoms with Gasteiger partial charge in [0.15, 0.2) is 0 Å². The van der Waals surface area contributed by atoms with E-state index in [1.807, 2.05) is 7.05 Å². The fraction of sp³-hybridized carbons (Fsp3) is 0.217. The van der Waals surface area contributed by atoms with Crippen LogP contribution in [0, 0.1) is 0 Å². The SMILES string of the molecule is CNCCCC[PH](c1ccccc1)(c1ccccc1)c1ccccc1. The Morgan fingerprint density at radius 1 is 0.600 bits per heavy atom. The first-order chi connectivity index (χ1) is 12.4. The second-order valence-corrected chi connectivity index (χ2v) is 10.6. The summed E-state index contributed by atoms with van der Waals surface area (Å²) in [7, 11) is 0.0364. The summed E-state index contributed by atoms with van der Waals surface area (Å²) in [4.78, 5) is 0.